The molecule has 0 bridgehead atoms. The number of benzene rings is 2. The summed E-state index contributed by atoms with van der Waals surface area (Å²) in [5.41, 5.74) is 2.70. The maximum absolute atomic E-state index is 13.0. The lowest BCUT2D eigenvalue weighted by Crippen LogP contribution is -2.17. The first-order valence-electron chi connectivity index (χ1n) is 8.54. The van der Waals surface area contributed by atoms with Crippen molar-refractivity contribution in [3.63, 3.8) is 0 Å². The third-order valence-corrected chi connectivity index (χ3v) is 4.74. The second kappa shape index (κ2) is 7.13. The molecule has 0 aliphatic rings. The fraction of sp³-hybridized carbons (Fsp3) is 0.200. The molecule has 4 rings (SSSR count). The van der Waals surface area contributed by atoms with Crippen molar-refractivity contribution in [2.24, 2.45) is 0 Å². The van der Waals surface area contributed by atoms with E-state index in [-0.39, 0.29) is 5.82 Å². The van der Waals surface area contributed by atoms with Gasteiger partial charge in [-0.1, -0.05) is 35.9 Å². The molecular weight excluding hydrogens is 367 g/mol. The van der Waals surface area contributed by atoms with Gasteiger partial charge in [0.25, 0.3) is 0 Å². The quantitative estimate of drug-likeness (QED) is 0.499. The van der Waals surface area contributed by atoms with Gasteiger partial charge in [0, 0.05) is 12.1 Å². The highest BCUT2D eigenvalue weighted by atomic mass is 35.5. The largest absolute Gasteiger partial charge is 0.425 e. The van der Waals surface area contributed by atoms with E-state index in [1.54, 1.807) is 16.6 Å². The zero-order valence-electron chi connectivity index (χ0n) is 15.0. The Bertz CT molecular complexity index is 1090. The van der Waals surface area contributed by atoms with Gasteiger partial charge in [0.05, 0.1) is 17.3 Å². The molecule has 0 fully saturated rings. The van der Waals surface area contributed by atoms with Crippen molar-refractivity contribution < 1.29 is 8.81 Å². The van der Waals surface area contributed by atoms with Crippen molar-refractivity contribution in [1.82, 2.24) is 19.5 Å². The molecule has 0 N–H and O–H groups in total. The van der Waals surface area contributed by atoms with Crippen molar-refractivity contribution >= 4 is 17.4 Å². The van der Waals surface area contributed by atoms with Gasteiger partial charge in [0.2, 0.25) is 0 Å². The highest BCUT2D eigenvalue weighted by Crippen LogP contribution is 2.26. The molecule has 0 aliphatic carbocycles. The second-order valence-electron chi connectivity index (χ2n) is 6.52. The second-order valence-corrected chi connectivity index (χ2v) is 6.93. The summed E-state index contributed by atoms with van der Waals surface area (Å²) in [5.74, 6) is 1.53. The van der Waals surface area contributed by atoms with Crippen LogP contribution in [0.3, 0.4) is 0 Å². The molecular formula is C20H18ClFN4O. The Balaban J connectivity index is 1.55. The van der Waals surface area contributed by atoms with Crippen LogP contribution >= 0.6 is 11.6 Å². The van der Waals surface area contributed by atoms with Crippen LogP contribution in [0.1, 0.15) is 17.0 Å². The average molecular weight is 385 g/mol. The standard InChI is InChI=1S/C20H18ClFN4O/c1-13-18(12-25(2)11-14-7-9-15(22)10-8-14)27-20-23-19(24-26(13)20)16-5-3-4-6-17(16)21/h3-10H,11-12H2,1-2H3. The smallest absolute Gasteiger partial charge is 0.325 e. The third-order valence-electron chi connectivity index (χ3n) is 4.41. The molecule has 27 heavy (non-hydrogen) atoms. The first-order chi connectivity index (χ1) is 13.0. The maximum atomic E-state index is 13.0. The summed E-state index contributed by atoms with van der Waals surface area (Å²) in [7, 11) is 1.98. The zero-order valence-corrected chi connectivity index (χ0v) is 15.7. The Morgan fingerprint density at radius 2 is 1.85 bits per heavy atom. The lowest BCUT2D eigenvalue weighted by molar-refractivity contribution is 0.290. The first kappa shape index (κ1) is 17.7. The Labute approximate surface area is 161 Å². The molecule has 0 unspecified atom stereocenters. The van der Waals surface area contributed by atoms with E-state index in [1.807, 2.05) is 38.2 Å². The predicted octanol–water partition coefficient (Wildman–Crippen LogP) is 4.72. The Hall–Kier alpha value is -2.70. The van der Waals surface area contributed by atoms with Crippen LogP contribution in [-0.2, 0) is 13.1 Å². The van der Waals surface area contributed by atoms with Crippen LogP contribution < -0.4 is 0 Å². The van der Waals surface area contributed by atoms with Gasteiger partial charge in [0.15, 0.2) is 5.82 Å². The summed E-state index contributed by atoms with van der Waals surface area (Å²) in [4.78, 5) is 6.56. The van der Waals surface area contributed by atoms with E-state index in [4.69, 9.17) is 16.0 Å². The monoisotopic (exact) mass is 384 g/mol. The Morgan fingerprint density at radius 3 is 2.56 bits per heavy atom. The molecule has 4 aromatic rings. The number of rotatable bonds is 5. The summed E-state index contributed by atoms with van der Waals surface area (Å²) in [6, 6.07) is 14.0. The highest BCUT2D eigenvalue weighted by molar-refractivity contribution is 6.33. The van der Waals surface area contributed by atoms with Gasteiger partial charge >= 0.3 is 5.84 Å². The van der Waals surface area contributed by atoms with Crippen molar-refractivity contribution in [2.75, 3.05) is 7.05 Å². The molecule has 2 aromatic carbocycles. The molecule has 0 radical (unpaired) electrons. The fourth-order valence-corrected chi connectivity index (χ4v) is 3.21. The topological polar surface area (TPSA) is 46.6 Å². The molecule has 5 nitrogen and oxygen atoms in total. The van der Waals surface area contributed by atoms with Gasteiger partial charge in [-0.3, -0.25) is 4.90 Å². The van der Waals surface area contributed by atoms with Crippen LogP contribution in [0.5, 0.6) is 0 Å². The van der Waals surface area contributed by atoms with Gasteiger partial charge in [0.1, 0.15) is 11.6 Å². The average Bonchev–Trinajstić information content (AvgIpc) is 3.17. The van der Waals surface area contributed by atoms with Crippen LogP contribution in [0.15, 0.2) is 52.9 Å². The summed E-state index contributed by atoms with van der Waals surface area (Å²) in [6.45, 7) is 3.22. The minimum Gasteiger partial charge on any atom is -0.425 e. The van der Waals surface area contributed by atoms with Crippen LogP contribution in [0.25, 0.3) is 17.2 Å². The van der Waals surface area contributed by atoms with Crippen molar-refractivity contribution in [3.05, 3.63) is 76.4 Å². The Morgan fingerprint density at radius 1 is 1.11 bits per heavy atom. The van der Waals surface area contributed by atoms with E-state index in [0.717, 1.165) is 22.6 Å². The van der Waals surface area contributed by atoms with Crippen molar-refractivity contribution in [3.8, 4) is 11.4 Å². The van der Waals surface area contributed by atoms with Crippen LogP contribution in [-0.4, -0.2) is 26.5 Å². The number of aryl methyl sites for hydroxylation is 1. The van der Waals surface area contributed by atoms with Crippen LogP contribution in [0.2, 0.25) is 5.02 Å². The minimum absolute atomic E-state index is 0.232. The number of halogens is 2. The molecule has 2 aromatic heterocycles. The molecule has 0 amide bonds. The molecule has 0 aliphatic heterocycles. The molecule has 0 atom stereocenters. The lowest BCUT2D eigenvalue weighted by atomic mass is 10.2. The number of nitrogens with zero attached hydrogens (tertiary/aromatic N) is 4. The molecule has 138 valence electrons. The molecule has 2 heterocycles. The fourth-order valence-electron chi connectivity index (χ4n) is 2.99. The SMILES string of the molecule is Cc1c(CN(C)Cc2ccc(F)cc2)oc2nc(-c3ccccc3Cl)nn12. The van der Waals surface area contributed by atoms with Crippen molar-refractivity contribution in [2.45, 2.75) is 20.0 Å². The Kier molecular flexibility index (Phi) is 4.68. The molecule has 0 spiro atoms. The zero-order chi connectivity index (χ0) is 19.0. The van der Waals surface area contributed by atoms with Crippen molar-refractivity contribution in [1.29, 1.82) is 0 Å². The van der Waals surface area contributed by atoms with Crippen LogP contribution in [0.4, 0.5) is 4.39 Å². The van der Waals surface area contributed by atoms with E-state index < -0.39 is 0 Å². The number of hydrogen-bond donors (Lipinski definition) is 0. The van der Waals surface area contributed by atoms with Gasteiger partial charge in [-0.05, 0) is 43.8 Å². The summed E-state index contributed by atoms with van der Waals surface area (Å²) in [6.07, 6.45) is 0. The van der Waals surface area contributed by atoms with Gasteiger partial charge < -0.3 is 4.42 Å². The maximum Gasteiger partial charge on any atom is 0.325 e. The van der Waals surface area contributed by atoms with E-state index in [9.17, 15) is 4.39 Å². The normalized spacial score (nSPS) is 11.6. The molecule has 0 saturated heterocycles. The summed E-state index contributed by atoms with van der Waals surface area (Å²) in [5, 5.41) is 5.13. The minimum atomic E-state index is -0.232. The van der Waals surface area contributed by atoms with E-state index in [2.05, 4.69) is 15.0 Å². The highest BCUT2D eigenvalue weighted by Gasteiger charge is 2.18. The van der Waals surface area contributed by atoms with Crippen LogP contribution in [0, 0.1) is 12.7 Å². The number of aromatic nitrogens is 3. The lowest BCUT2D eigenvalue weighted by Gasteiger charge is -2.15. The van der Waals surface area contributed by atoms with Gasteiger partial charge in [-0.2, -0.15) is 9.50 Å². The number of fused-ring (bicyclic) bond motifs is 1. The summed E-state index contributed by atoms with van der Waals surface area (Å²) < 4.78 is 20.6. The first-order valence-corrected chi connectivity index (χ1v) is 8.92. The molecule has 0 saturated carbocycles. The van der Waals surface area contributed by atoms with E-state index in [1.165, 1.54) is 12.1 Å². The third kappa shape index (κ3) is 3.59. The van der Waals surface area contributed by atoms with Gasteiger partial charge in [-0.15, -0.1) is 5.10 Å². The number of hydrogen-bond acceptors (Lipinski definition) is 4. The van der Waals surface area contributed by atoms with E-state index in [0.29, 0.717) is 29.8 Å². The predicted molar refractivity (Wildman–Crippen MR) is 102 cm³/mol. The summed E-state index contributed by atoms with van der Waals surface area (Å²) >= 11 is 6.23. The molecule has 7 heteroatoms. The number of oxazole rings is 1. The van der Waals surface area contributed by atoms with Gasteiger partial charge in [-0.25, -0.2) is 4.39 Å². The van der Waals surface area contributed by atoms with E-state index >= 15 is 0 Å².